The molecule has 6 heteroatoms. The van der Waals surface area contributed by atoms with Crippen LogP contribution in [0.1, 0.15) is 20.3 Å². The summed E-state index contributed by atoms with van der Waals surface area (Å²) in [6.07, 6.45) is 1.88. The number of para-hydroxylation sites is 1. The van der Waals surface area contributed by atoms with Gasteiger partial charge in [0.15, 0.2) is 11.4 Å². The van der Waals surface area contributed by atoms with Crippen molar-refractivity contribution in [1.82, 2.24) is 15.3 Å². The fourth-order valence-electron chi connectivity index (χ4n) is 2.34. The molecule has 0 radical (unpaired) electrons. The minimum Gasteiger partial charge on any atom is -0.450 e. The van der Waals surface area contributed by atoms with Gasteiger partial charge in [0.1, 0.15) is 17.4 Å². The second-order valence-corrected chi connectivity index (χ2v) is 5.40. The highest BCUT2D eigenvalue weighted by atomic mass is 16.3. The summed E-state index contributed by atoms with van der Waals surface area (Å²) in [4.78, 5) is 20.1. The van der Waals surface area contributed by atoms with Crippen molar-refractivity contribution in [2.75, 3.05) is 11.9 Å². The van der Waals surface area contributed by atoms with Gasteiger partial charge in [0.05, 0.1) is 0 Å². The van der Waals surface area contributed by atoms with Gasteiger partial charge in [-0.2, -0.15) is 0 Å². The fraction of sp³-hybridized carbons (Fsp3) is 0.312. The van der Waals surface area contributed by atoms with Crippen LogP contribution in [-0.2, 0) is 4.79 Å². The maximum absolute atomic E-state index is 11.6. The topological polar surface area (TPSA) is 80.0 Å². The van der Waals surface area contributed by atoms with Gasteiger partial charge in [-0.15, -0.1) is 0 Å². The number of nitrogens with zero attached hydrogens (tertiary/aromatic N) is 2. The maximum Gasteiger partial charge on any atom is 0.221 e. The summed E-state index contributed by atoms with van der Waals surface area (Å²) < 4.78 is 5.82. The molecule has 1 amide bonds. The Bertz CT molecular complexity index is 810. The number of anilines is 1. The lowest BCUT2D eigenvalue weighted by Gasteiger charge is -2.09. The van der Waals surface area contributed by atoms with Crippen LogP contribution in [0.4, 0.5) is 5.82 Å². The van der Waals surface area contributed by atoms with Crippen LogP contribution in [0.15, 0.2) is 35.0 Å². The lowest BCUT2D eigenvalue weighted by atomic mass is 10.2. The van der Waals surface area contributed by atoms with Gasteiger partial charge in [0, 0.05) is 24.4 Å². The highest BCUT2D eigenvalue weighted by Crippen LogP contribution is 2.30. The summed E-state index contributed by atoms with van der Waals surface area (Å²) in [6.45, 7) is 4.36. The predicted molar refractivity (Wildman–Crippen MR) is 85.7 cm³/mol. The van der Waals surface area contributed by atoms with Crippen LogP contribution in [0.3, 0.4) is 0 Å². The Morgan fingerprint density at radius 1 is 1.27 bits per heavy atom. The predicted octanol–water partition coefficient (Wildman–Crippen LogP) is 2.70. The number of fused-ring (bicyclic) bond motifs is 3. The molecule has 0 fully saturated rings. The fourth-order valence-corrected chi connectivity index (χ4v) is 2.34. The Morgan fingerprint density at radius 2 is 2.09 bits per heavy atom. The number of amides is 1. The molecule has 3 aromatic rings. The Kier molecular flexibility index (Phi) is 3.91. The third-order valence-corrected chi connectivity index (χ3v) is 3.25. The van der Waals surface area contributed by atoms with E-state index in [0.29, 0.717) is 24.4 Å². The molecule has 6 nitrogen and oxygen atoms in total. The molecule has 1 aromatic carbocycles. The van der Waals surface area contributed by atoms with Crippen molar-refractivity contribution in [2.45, 2.75) is 26.3 Å². The lowest BCUT2D eigenvalue weighted by Crippen LogP contribution is -2.31. The second kappa shape index (κ2) is 6.01. The van der Waals surface area contributed by atoms with E-state index in [1.165, 1.54) is 6.33 Å². The van der Waals surface area contributed by atoms with E-state index in [1.807, 2.05) is 38.1 Å². The first-order valence-corrected chi connectivity index (χ1v) is 7.30. The number of aromatic nitrogens is 2. The molecule has 22 heavy (non-hydrogen) atoms. The summed E-state index contributed by atoms with van der Waals surface area (Å²) in [7, 11) is 0. The van der Waals surface area contributed by atoms with Crippen molar-refractivity contribution in [3.05, 3.63) is 30.6 Å². The summed E-state index contributed by atoms with van der Waals surface area (Å²) in [5, 5.41) is 6.96. The van der Waals surface area contributed by atoms with E-state index in [2.05, 4.69) is 20.6 Å². The summed E-state index contributed by atoms with van der Waals surface area (Å²) >= 11 is 0. The van der Waals surface area contributed by atoms with Crippen molar-refractivity contribution in [3.63, 3.8) is 0 Å². The molecule has 0 bridgehead atoms. The SMILES string of the molecule is CC(C)NC(=O)CCNc1ncnc2c1oc1ccccc12. The smallest absolute Gasteiger partial charge is 0.221 e. The highest BCUT2D eigenvalue weighted by molar-refractivity contribution is 6.05. The van der Waals surface area contributed by atoms with Crippen molar-refractivity contribution >= 4 is 33.8 Å². The van der Waals surface area contributed by atoms with Crippen molar-refractivity contribution < 1.29 is 9.21 Å². The normalized spacial score (nSPS) is 11.2. The molecule has 2 heterocycles. The van der Waals surface area contributed by atoms with Crippen LogP contribution in [0.2, 0.25) is 0 Å². The van der Waals surface area contributed by atoms with E-state index in [0.717, 1.165) is 16.5 Å². The summed E-state index contributed by atoms with van der Waals surface area (Å²) in [5.74, 6) is 0.621. The van der Waals surface area contributed by atoms with Gasteiger partial charge in [-0.05, 0) is 26.0 Å². The minimum absolute atomic E-state index is 0.0115. The number of nitrogens with one attached hydrogen (secondary N) is 2. The number of furan rings is 1. The average molecular weight is 298 g/mol. The Hall–Kier alpha value is -2.63. The molecule has 0 spiro atoms. The zero-order valence-corrected chi connectivity index (χ0v) is 12.6. The van der Waals surface area contributed by atoms with Crippen LogP contribution in [0.5, 0.6) is 0 Å². The Balaban J connectivity index is 1.78. The molecule has 0 atom stereocenters. The Morgan fingerprint density at radius 3 is 2.91 bits per heavy atom. The van der Waals surface area contributed by atoms with E-state index >= 15 is 0 Å². The number of benzene rings is 1. The Labute approximate surface area is 127 Å². The number of hydrogen-bond donors (Lipinski definition) is 2. The number of hydrogen-bond acceptors (Lipinski definition) is 5. The van der Waals surface area contributed by atoms with Crippen molar-refractivity contribution in [3.8, 4) is 0 Å². The monoisotopic (exact) mass is 298 g/mol. The molecule has 0 unspecified atom stereocenters. The molecule has 114 valence electrons. The lowest BCUT2D eigenvalue weighted by molar-refractivity contribution is -0.121. The van der Waals surface area contributed by atoms with Gasteiger partial charge in [-0.1, -0.05) is 12.1 Å². The van der Waals surface area contributed by atoms with Gasteiger partial charge in [-0.3, -0.25) is 4.79 Å². The van der Waals surface area contributed by atoms with E-state index < -0.39 is 0 Å². The van der Waals surface area contributed by atoms with Crippen molar-refractivity contribution in [1.29, 1.82) is 0 Å². The molecular weight excluding hydrogens is 280 g/mol. The van der Waals surface area contributed by atoms with Gasteiger partial charge >= 0.3 is 0 Å². The minimum atomic E-state index is 0.0115. The zero-order valence-electron chi connectivity index (χ0n) is 12.6. The molecular formula is C16H18N4O2. The van der Waals surface area contributed by atoms with E-state index in [9.17, 15) is 4.79 Å². The summed E-state index contributed by atoms with van der Waals surface area (Å²) in [6, 6.07) is 7.88. The summed E-state index contributed by atoms with van der Waals surface area (Å²) in [5.41, 5.74) is 2.17. The van der Waals surface area contributed by atoms with Gasteiger partial charge < -0.3 is 15.1 Å². The zero-order chi connectivity index (χ0) is 15.5. The number of rotatable bonds is 5. The van der Waals surface area contributed by atoms with Crippen LogP contribution in [0.25, 0.3) is 22.1 Å². The van der Waals surface area contributed by atoms with E-state index in [-0.39, 0.29) is 11.9 Å². The number of carbonyl (C=O) groups excluding carboxylic acids is 1. The van der Waals surface area contributed by atoms with Gasteiger partial charge in [0.25, 0.3) is 0 Å². The van der Waals surface area contributed by atoms with Gasteiger partial charge in [-0.25, -0.2) is 9.97 Å². The molecule has 0 aliphatic heterocycles. The maximum atomic E-state index is 11.6. The molecule has 0 aliphatic rings. The highest BCUT2D eigenvalue weighted by Gasteiger charge is 2.12. The number of carbonyl (C=O) groups is 1. The molecule has 0 saturated heterocycles. The average Bonchev–Trinajstić information content (AvgIpc) is 2.86. The van der Waals surface area contributed by atoms with Crippen LogP contribution < -0.4 is 10.6 Å². The third-order valence-electron chi connectivity index (χ3n) is 3.25. The standard InChI is InChI=1S/C16H18N4O2/c1-10(2)20-13(21)7-8-17-16-15-14(18-9-19-16)11-5-3-4-6-12(11)22-15/h3-6,9-10H,7-8H2,1-2H3,(H,20,21)(H,17,18,19). The molecule has 0 saturated carbocycles. The molecule has 0 aliphatic carbocycles. The molecule has 3 rings (SSSR count). The van der Waals surface area contributed by atoms with E-state index in [1.54, 1.807) is 0 Å². The first-order valence-electron chi connectivity index (χ1n) is 7.30. The van der Waals surface area contributed by atoms with Gasteiger partial charge in [0.2, 0.25) is 5.91 Å². The van der Waals surface area contributed by atoms with Crippen LogP contribution in [-0.4, -0.2) is 28.5 Å². The van der Waals surface area contributed by atoms with Crippen LogP contribution >= 0.6 is 0 Å². The third kappa shape index (κ3) is 2.86. The largest absolute Gasteiger partial charge is 0.450 e. The van der Waals surface area contributed by atoms with E-state index in [4.69, 9.17) is 4.42 Å². The first-order chi connectivity index (χ1) is 10.6. The van der Waals surface area contributed by atoms with Crippen LogP contribution in [0, 0.1) is 0 Å². The molecule has 2 N–H and O–H groups in total. The quantitative estimate of drug-likeness (QED) is 0.757. The van der Waals surface area contributed by atoms with Crippen molar-refractivity contribution in [2.24, 2.45) is 0 Å². The first kappa shape index (κ1) is 14.3. The second-order valence-electron chi connectivity index (χ2n) is 5.40. The molecule has 2 aromatic heterocycles.